The summed E-state index contributed by atoms with van der Waals surface area (Å²) in [5, 5.41) is 5.27. The maximum atomic E-state index is 13.5. The van der Waals surface area contributed by atoms with Gasteiger partial charge in [0.25, 0.3) is 11.5 Å². The SMILES string of the molecule is C[C@H](Nc1nc2c(c(=O)n1N(C)C)CN(C(=O)COc1ccc(Cl)cc1)CC2)c1ccc(C(F)(F)F)cc1. The fourth-order valence-electron chi connectivity index (χ4n) is 4.15. The van der Waals surface area contributed by atoms with Gasteiger partial charge in [0.05, 0.1) is 29.4 Å². The van der Waals surface area contributed by atoms with Gasteiger partial charge in [0.2, 0.25) is 5.95 Å². The summed E-state index contributed by atoms with van der Waals surface area (Å²) in [5.74, 6) is 0.506. The van der Waals surface area contributed by atoms with Crippen molar-refractivity contribution >= 4 is 23.5 Å². The molecule has 8 nitrogen and oxygen atoms in total. The number of alkyl halides is 3. The molecule has 1 N–H and O–H groups in total. The van der Waals surface area contributed by atoms with Crippen molar-refractivity contribution in [1.82, 2.24) is 14.6 Å². The quantitative estimate of drug-likeness (QED) is 0.475. The molecular weight excluding hydrogens is 523 g/mol. The lowest BCUT2D eigenvalue weighted by atomic mass is 10.1. The van der Waals surface area contributed by atoms with Crippen molar-refractivity contribution in [3.05, 3.63) is 86.3 Å². The van der Waals surface area contributed by atoms with Crippen molar-refractivity contribution in [2.24, 2.45) is 0 Å². The summed E-state index contributed by atoms with van der Waals surface area (Å²) in [6, 6.07) is 11.1. The van der Waals surface area contributed by atoms with Crippen molar-refractivity contribution in [3.8, 4) is 5.75 Å². The first-order chi connectivity index (χ1) is 17.9. The first-order valence-electron chi connectivity index (χ1n) is 11.9. The molecule has 4 rings (SSSR count). The minimum absolute atomic E-state index is 0.0898. The molecule has 2 heterocycles. The third-order valence-corrected chi connectivity index (χ3v) is 6.47. The highest BCUT2D eigenvalue weighted by Crippen LogP contribution is 2.30. The Morgan fingerprint density at radius 3 is 2.42 bits per heavy atom. The maximum Gasteiger partial charge on any atom is 0.416 e. The molecule has 1 aliphatic heterocycles. The zero-order valence-electron chi connectivity index (χ0n) is 21.1. The van der Waals surface area contributed by atoms with Crippen LogP contribution in [0.3, 0.4) is 0 Å². The van der Waals surface area contributed by atoms with Gasteiger partial charge in [-0.2, -0.15) is 17.8 Å². The zero-order chi connectivity index (χ0) is 27.6. The number of anilines is 1. The molecule has 1 aliphatic rings. The standard InChI is InChI=1S/C26H27ClF3N5O3/c1-16(17-4-6-18(7-5-17)26(28,29)30)31-25-32-22-12-13-34(14-21(22)24(37)35(25)33(2)3)23(36)15-38-20-10-8-19(27)9-11-20/h4-11,16H,12-15H2,1-3H3,(H,31,32)/t16-/m0/s1. The van der Waals surface area contributed by atoms with Crippen molar-refractivity contribution in [1.29, 1.82) is 0 Å². The van der Waals surface area contributed by atoms with E-state index in [1.807, 2.05) is 0 Å². The summed E-state index contributed by atoms with van der Waals surface area (Å²) in [6.45, 7) is 2.04. The van der Waals surface area contributed by atoms with Crippen LogP contribution in [0.1, 0.15) is 35.3 Å². The van der Waals surface area contributed by atoms with Crippen LogP contribution in [-0.2, 0) is 23.9 Å². The molecule has 0 saturated carbocycles. The highest BCUT2D eigenvalue weighted by Gasteiger charge is 2.30. The van der Waals surface area contributed by atoms with E-state index in [0.717, 1.165) is 12.1 Å². The Kier molecular flexibility index (Phi) is 7.86. The summed E-state index contributed by atoms with van der Waals surface area (Å²) in [4.78, 5) is 32.5. The number of carbonyl (C=O) groups excluding carboxylic acids is 1. The summed E-state index contributed by atoms with van der Waals surface area (Å²) >= 11 is 5.87. The molecule has 12 heteroatoms. The number of hydrogen-bond acceptors (Lipinski definition) is 6. The Labute approximate surface area is 222 Å². The van der Waals surface area contributed by atoms with Gasteiger partial charge >= 0.3 is 6.18 Å². The van der Waals surface area contributed by atoms with Crippen LogP contribution < -0.4 is 20.6 Å². The molecule has 1 aromatic heterocycles. The van der Waals surface area contributed by atoms with Crippen LogP contribution in [0.2, 0.25) is 5.02 Å². The van der Waals surface area contributed by atoms with E-state index in [1.165, 1.54) is 16.8 Å². The summed E-state index contributed by atoms with van der Waals surface area (Å²) in [6.07, 6.45) is -4.05. The van der Waals surface area contributed by atoms with Gasteiger partial charge in [0.15, 0.2) is 6.61 Å². The number of halogens is 4. The molecule has 38 heavy (non-hydrogen) atoms. The minimum Gasteiger partial charge on any atom is -0.484 e. The Morgan fingerprint density at radius 1 is 1.16 bits per heavy atom. The first kappa shape index (κ1) is 27.3. The molecule has 0 fully saturated rings. The fraction of sp³-hybridized carbons (Fsp3) is 0.346. The second kappa shape index (κ2) is 10.9. The van der Waals surface area contributed by atoms with E-state index in [-0.39, 0.29) is 30.6 Å². The molecule has 202 valence electrons. The average Bonchev–Trinajstić information content (AvgIpc) is 2.87. The fourth-order valence-corrected chi connectivity index (χ4v) is 4.27. The lowest BCUT2D eigenvalue weighted by Gasteiger charge is -2.30. The second-order valence-electron chi connectivity index (χ2n) is 9.12. The zero-order valence-corrected chi connectivity index (χ0v) is 21.8. The predicted octanol–water partition coefficient (Wildman–Crippen LogP) is 4.25. The van der Waals surface area contributed by atoms with Crippen molar-refractivity contribution < 1.29 is 22.7 Å². The number of benzene rings is 2. The van der Waals surface area contributed by atoms with Crippen LogP contribution in [-0.4, -0.2) is 47.7 Å². The maximum absolute atomic E-state index is 13.5. The van der Waals surface area contributed by atoms with E-state index in [0.29, 0.717) is 40.6 Å². The molecule has 0 bridgehead atoms. The number of fused-ring (bicyclic) bond motifs is 1. The van der Waals surface area contributed by atoms with Gasteiger partial charge in [0.1, 0.15) is 5.75 Å². The summed E-state index contributed by atoms with van der Waals surface area (Å²) < 4.78 is 45.7. The molecule has 0 spiro atoms. The van der Waals surface area contributed by atoms with Crippen LogP contribution in [0, 0.1) is 0 Å². The number of nitrogens with zero attached hydrogens (tertiary/aromatic N) is 4. The Hall–Kier alpha value is -3.73. The number of aromatic nitrogens is 2. The molecule has 0 radical (unpaired) electrons. The number of ether oxygens (including phenoxy) is 1. The van der Waals surface area contributed by atoms with Crippen molar-refractivity contribution in [2.75, 3.05) is 37.6 Å². The number of rotatable bonds is 7. The van der Waals surface area contributed by atoms with E-state index in [2.05, 4.69) is 10.3 Å². The van der Waals surface area contributed by atoms with Crippen LogP contribution >= 0.6 is 11.6 Å². The molecule has 2 aromatic carbocycles. The van der Waals surface area contributed by atoms with Gasteiger partial charge < -0.3 is 20.0 Å². The lowest BCUT2D eigenvalue weighted by molar-refractivity contribution is -0.137. The van der Waals surface area contributed by atoms with Gasteiger partial charge in [-0.25, -0.2) is 4.98 Å². The highest BCUT2D eigenvalue weighted by molar-refractivity contribution is 6.30. The Morgan fingerprint density at radius 2 is 1.82 bits per heavy atom. The van der Waals surface area contributed by atoms with Gasteiger partial charge in [-0.3, -0.25) is 9.59 Å². The number of nitrogens with one attached hydrogen (secondary N) is 1. The normalized spacial score (nSPS) is 14.0. The monoisotopic (exact) mass is 549 g/mol. The van der Waals surface area contributed by atoms with E-state index in [1.54, 1.807) is 55.2 Å². The van der Waals surface area contributed by atoms with Gasteiger partial charge in [-0.15, -0.1) is 0 Å². The Balaban J connectivity index is 1.51. The second-order valence-corrected chi connectivity index (χ2v) is 9.55. The van der Waals surface area contributed by atoms with Crippen LogP contribution in [0.15, 0.2) is 53.3 Å². The van der Waals surface area contributed by atoms with E-state index < -0.39 is 17.8 Å². The van der Waals surface area contributed by atoms with E-state index in [4.69, 9.17) is 16.3 Å². The Bertz CT molecular complexity index is 1360. The largest absolute Gasteiger partial charge is 0.484 e. The van der Waals surface area contributed by atoms with Gasteiger partial charge in [-0.1, -0.05) is 23.7 Å². The van der Waals surface area contributed by atoms with E-state index in [9.17, 15) is 22.8 Å². The molecule has 1 atom stereocenters. The molecule has 0 unspecified atom stereocenters. The lowest BCUT2D eigenvalue weighted by Crippen LogP contribution is -2.46. The topological polar surface area (TPSA) is 79.7 Å². The number of carbonyl (C=O) groups is 1. The van der Waals surface area contributed by atoms with Gasteiger partial charge in [0, 0.05) is 32.1 Å². The van der Waals surface area contributed by atoms with Crippen molar-refractivity contribution in [3.63, 3.8) is 0 Å². The van der Waals surface area contributed by atoms with Crippen LogP contribution in [0.5, 0.6) is 5.75 Å². The third kappa shape index (κ3) is 6.04. The number of amides is 1. The average molecular weight is 550 g/mol. The first-order valence-corrected chi connectivity index (χ1v) is 12.2. The third-order valence-electron chi connectivity index (χ3n) is 6.22. The minimum atomic E-state index is -4.42. The highest BCUT2D eigenvalue weighted by atomic mass is 35.5. The predicted molar refractivity (Wildman–Crippen MR) is 138 cm³/mol. The van der Waals surface area contributed by atoms with E-state index >= 15 is 0 Å². The van der Waals surface area contributed by atoms with Crippen LogP contribution in [0.4, 0.5) is 19.1 Å². The molecule has 0 saturated heterocycles. The number of hydrogen-bond donors (Lipinski definition) is 1. The molecule has 3 aromatic rings. The summed E-state index contributed by atoms with van der Waals surface area (Å²) in [5.41, 5.74) is 0.504. The van der Waals surface area contributed by atoms with Crippen molar-refractivity contribution in [2.45, 2.75) is 32.1 Å². The molecule has 1 amide bonds. The summed E-state index contributed by atoms with van der Waals surface area (Å²) in [7, 11) is 3.35. The van der Waals surface area contributed by atoms with Crippen LogP contribution in [0.25, 0.3) is 0 Å². The van der Waals surface area contributed by atoms with Gasteiger partial charge in [-0.05, 0) is 48.9 Å². The molecular formula is C26H27ClF3N5O3. The smallest absolute Gasteiger partial charge is 0.416 e. The molecule has 0 aliphatic carbocycles.